The topological polar surface area (TPSA) is 100 Å². The lowest BCUT2D eigenvalue weighted by molar-refractivity contribution is 0.186. The van der Waals surface area contributed by atoms with Crippen molar-refractivity contribution in [3.05, 3.63) is 62.0 Å². The second kappa shape index (κ2) is 6.46. The summed E-state index contributed by atoms with van der Waals surface area (Å²) in [5.74, 6) is -0.587. The molecule has 0 bridgehead atoms. The van der Waals surface area contributed by atoms with Gasteiger partial charge >= 0.3 is 5.69 Å². The van der Waals surface area contributed by atoms with Crippen LogP contribution in [0.2, 0.25) is 0 Å². The highest BCUT2D eigenvalue weighted by Gasteiger charge is 2.17. The zero-order valence-electron chi connectivity index (χ0n) is 12.6. The summed E-state index contributed by atoms with van der Waals surface area (Å²) < 4.78 is 15.5. The van der Waals surface area contributed by atoms with Gasteiger partial charge in [0.05, 0.1) is 6.10 Å². The molecule has 1 aromatic heterocycles. The zero-order chi connectivity index (χ0) is 17.1. The molecule has 0 spiro atoms. The van der Waals surface area contributed by atoms with Gasteiger partial charge < -0.3 is 10.4 Å². The van der Waals surface area contributed by atoms with Crippen LogP contribution in [-0.4, -0.2) is 20.8 Å². The third-order valence-electron chi connectivity index (χ3n) is 3.50. The summed E-state index contributed by atoms with van der Waals surface area (Å²) in [6.07, 6.45) is -1.21. The number of rotatable bonds is 4. The SMILES string of the molecule is Cn1c(NC[C@@H](O)c2ccccc2F)c(C#N)c(=O)n(C)c1=O. The van der Waals surface area contributed by atoms with Crippen LogP contribution >= 0.6 is 0 Å². The Hall–Kier alpha value is -2.92. The maximum Gasteiger partial charge on any atom is 0.332 e. The minimum atomic E-state index is -1.21. The van der Waals surface area contributed by atoms with Gasteiger partial charge in [0.25, 0.3) is 5.56 Å². The Balaban J connectivity index is 2.35. The van der Waals surface area contributed by atoms with E-state index in [0.29, 0.717) is 0 Å². The van der Waals surface area contributed by atoms with E-state index in [1.165, 1.54) is 32.3 Å². The molecule has 0 aliphatic rings. The van der Waals surface area contributed by atoms with Gasteiger partial charge in [-0.1, -0.05) is 18.2 Å². The molecule has 0 aliphatic heterocycles. The van der Waals surface area contributed by atoms with Crippen LogP contribution < -0.4 is 16.6 Å². The number of aromatic nitrogens is 2. The van der Waals surface area contributed by atoms with Gasteiger partial charge in [0.2, 0.25) is 0 Å². The van der Waals surface area contributed by atoms with Gasteiger partial charge in [-0.25, -0.2) is 9.18 Å². The van der Waals surface area contributed by atoms with Gasteiger partial charge in [-0.2, -0.15) is 5.26 Å². The molecular weight excluding hydrogens is 303 g/mol. The molecule has 0 aliphatic carbocycles. The van der Waals surface area contributed by atoms with Crippen molar-refractivity contribution in [2.45, 2.75) is 6.10 Å². The molecule has 0 fully saturated rings. The molecule has 1 aromatic carbocycles. The van der Waals surface area contributed by atoms with Gasteiger partial charge in [0, 0.05) is 26.2 Å². The normalized spacial score (nSPS) is 11.8. The summed E-state index contributed by atoms with van der Waals surface area (Å²) in [5, 5.41) is 21.9. The molecule has 0 saturated carbocycles. The Morgan fingerprint density at radius 3 is 2.57 bits per heavy atom. The molecule has 2 aromatic rings. The van der Waals surface area contributed by atoms with E-state index in [2.05, 4.69) is 5.32 Å². The van der Waals surface area contributed by atoms with Gasteiger partial charge in [0.15, 0.2) is 5.56 Å². The van der Waals surface area contributed by atoms with E-state index in [9.17, 15) is 19.1 Å². The predicted molar refractivity (Wildman–Crippen MR) is 81.5 cm³/mol. The lowest BCUT2D eigenvalue weighted by Gasteiger charge is -2.17. The number of benzene rings is 1. The second-order valence-electron chi connectivity index (χ2n) is 4.96. The summed E-state index contributed by atoms with van der Waals surface area (Å²) in [5.41, 5.74) is -1.53. The quantitative estimate of drug-likeness (QED) is 0.841. The minimum absolute atomic E-state index is 0.0176. The maximum absolute atomic E-state index is 13.6. The number of hydrogen-bond donors (Lipinski definition) is 2. The van der Waals surface area contributed by atoms with Crippen molar-refractivity contribution in [1.29, 1.82) is 5.26 Å². The largest absolute Gasteiger partial charge is 0.386 e. The average Bonchev–Trinajstić information content (AvgIpc) is 2.55. The first-order valence-corrected chi connectivity index (χ1v) is 6.75. The van der Waals surface area contributed by atoms with Crippen molar-refractivity contribution >= 4 is 5.82 Å². The molecule has 2 rings (SSSR count). The zero-order valence-corrected chi connectivity index (χ0v) is 12.6. The van der Waals surface area contributed by atoms with Gasteiger partial charge in [-0.05, 0) is 6.07 Å². The molecule has 0 radical (unpaired) electrons. The fourth-order valence-corrected chi connectivity index (χ4v) is 2.20. The van der Waals surface area contributed by atoms with Crippen molar-refractivity contribution in [2.75, 3.05) is 11.9 Å². The van der Waals surface area contributed by atoms with Crippen LogP contribution in [0, 0.1) is 17.1 Å². The van der Waals surface area contributed by atoms with Crippen molar-refractivity contribution in [1.82, 2.24) is 9.13 Å². The van der Waals surface area contributed by atoms with Crippen LogP contribution in [0.1, 0.15) is 17.2 Å². The van der Waals surface area contributed by atoms with Crippen LogP contribution in [0.4, 0.5) is 10.2 Å². The van der Waals surface area contributed by atoms with E-state index in [1.54, 1.807) is 12.1 Å². The van der Waals surface area contributed by atoms with E-state index in [-0.39, 0.29) is 23.5 Å². The molecule has 1 atom stereocenters. The lowest BCUT2D eigenvalue weighted by atomic mass is 10.1. The van der Waals surface area contributed by atoms with E-state index in [1.807, 2.05) is 0 Å². The Morgan fingerprint density at radius 2 is 1.96 bits per heavy atom. The monoisotopic (exact) mass is 318 g/mol. The number of aliphatic hydroxyl groups is 1. The maximum atomic E-state index is 13.6. The van der Waals surface area contributed by atoms with Crippen LogP contribution in [0.15, 0.2) is 33.9 Å². The molecule has 2 N–H and O–H groups in total. The first kappa shape index (κ1) is 16.5. The second-order valence-corrected chi connectivity index (χ2v) is 4.96. The average molecular weight is 318 g/mol. The molecule has 23 heavy (non-hydrogen) atoms. The Labute approximate surface area is 130 Å². The van der Waals surface area contributed by atoms with Gasteiger partial charge in [0.1, 0.15) is 17.7 Å². The van der Waals surface area contributed by atoms with Crippen LogP contribution in [-0.2, 0) is 14.1 Å². The molecular formula is C15H15FN4O3. The number of nitrogens with one attached hydrogen (secondary N) is 1. The number of hydrogen-bond acceptors (Lipinski definition) is 5. The molecule has 7 nitrogen and oxygen atoms in total. The van der Waals surface area contributed by atoms with Gasteiger partial charge in [-0.3, -0.25) is 13.9 Å². The summed E-state index contributed by atoms with van der Waals surface area (Å²) >= 11 is 0. The van der Waals surface area contributed by atoms with Gasteiger partial charge in [-0.15, -0.1) is 0 Å². The van der Waals surface area contributed by atoms with E-state index < -0.39 is 23.2 Å². The lowest BCUT2D eigenvalue weighted by Crippen LogP contribution is -2.40. The Morgan fingerprint density at radius 1 is 1.30 bits per heavy atom. The Kier molecular flexibility index (Phi) is 4.62. The smallest absolute Gasteiger partial charge is 0.332 e. The highest BCUT2D eigenvalue weighted by atomic mass is 19.1. The fraction of sp³-hybridized carbons (Fsp3) is 0.267. The summed E-state index contributed by atoms with van der Waals surface area (Å²) in [4.78, 5) is 23.8. The molecule has 0 amide bonds. The highest BCUT2D eigenvalue weighted by molar-refractivity contribution is 5.51. The van der Waals surface area contributed by atoms with Crippen molar-refractivity contribution in [3.63, 3.8) is 0 Å². The number of nitrogens with zero attached hydrogens (tertiary/aromatic N) is 3. The number of halogens is 1. The molecule has 0 unspecified atom stereocenters. The first-order chi connectivity index (χ1) is 10.9. The molecule has 0 saturated heterocycles. The third kappa shape index (κ3) is 3.00. The first-order valence-electron chi connectivity index (χ1n) is 6.75. The van der Waals surface area contributed by atoms with Crippen LogP contribution in [0.25, 0.3) is 0 Å². The standard InChI is InChI=1S/C15H15FN4O3/c1-19-13(10(7-17)14(22)20(2)15(19)23)18-8-12(21)9-5-3-4-6-11(9)16/h3-6,12,18,21H,8H2,1-2H3/t12-/m1/s1. The number of anilines is 1. The van der Waals surface area contributed by atoms with E-state index >= 15 is 0 Å². The van der Waals surface area contributed by atoms with E-state index in [0.717, 1.165) is 9.13 Å². The molecule has 8 heteroatoms. The van der Waals surface area contributed by atoms with Crippen LogP contribution in [0.5, 0.6) is 0 Å². The predicted octanol–water partition coefficient (Wildman–Crippen LogP) is 0.240. The number of aliphatic hydroxyl groups excluding tert-OH is 1. The number of nitriles is 1. The summed E-state index contributed by atoms with van der Waals surface area (Å²) in [6, 6.07) is 7.46. The van der Waals surface area contributed by atoms with E-state index in [4.69, 9.17) is 5.26 Å². The molecule has 120 valence electrons. The third-order valence-corrected chi connectivity index (χ3v) is 3.50. The summed E-state index contributed by atoms with van der Waals surface area (Å²) in [6.45, 7) is -0.171. The van der Waals surface area contributed by atoms with Crippen molar-refractivity contribution in [3.8, 4) is 6.07 Å². The minimum Gasteiger partial charge on any atom is -0.386 e. The fourth-order valence-electron chi connectivity index (χ4n) is 2.20. The van der Waals surface area contributed by atoms with Crippen LogP contribution in [0.3, 0.4) is 0 Å². The Bertz CT molecular complexity index is 895. The summed E-state index contributed by atoms with van der Waals surface area (Å²) in [7, 11) is 2.66. The molecule has 1 heterocycles. The van der Waals surface area contributed by atoms with Crippen molar-refractivity contribution in [2.24, 2.45) is 14.1 Å². The highest BCUT2D eigenvalue weighted by Crippen LogP contribution is 2.17. The van der Waals surface area contributed by atoms with Crippen molar-refractivity contribution < 1.29 is 9.50 Å².